The highest BCUT2D eigenvalue weighted by Crippen LogP contribution is 2.49. The van der Waals surface area contributed by atoms with Crippen molar-refractivity contribution < 1.29 is 27.5 Å². The van der Waals surface area contributed by atoms with Crippen molar-refractivity contribution in [2.24, 2.45) is 16.1 Å². The van der Waals surface area contributed by atoms with E-state index in [2.05, 4.69) is 20.2 Å². The number of amides is 2. The first kappa shape index (κ1) is 40.0. The van der Waals surface area contributed by atoms with Crippen LogP contribution in [0.3, 0.4) is 0 Å². The minimum atomic E-state index is -4.69. The Kier molecular flexibility index (Phi) is 11.0. The molecule has 2 fully saturated rings. The molecule has 2 aromatic heterocycles. The molecule has 2 heterocycles. The number of benzene rings is 2. The van der Waals surface area contributed by atoms with E-state index in [9.17, 15) is 22.8 Å². The third kappa shape index (κ3) is 9.22. The van der Waals surface area contributed by atoms with Crippen LogP contribution in [0.25, 0.3) is 22.5 Å². The number of halogens is 4. The van der Waals surface area contributed by atoms with Crippen molar-refractivity contribution in [2.45, 2.75) is 81.9 Å². The Labute approximate surface area is 325 Å². The Balaban J connectivity index is 1.40. The number of nitrogens with two attached hydrogens (primary N) is 1. The maximum absolute atomic E-state index is 14.6. The summed E-state index contributed by atoms with van der Waals surface area (Å²) in [6.45, 7) is 5.64. The van der Waals surface area contributed by atoms with Gasteiger partial charge in [0.2, 0.25) is 0 Å². The molecule has 4 aromatic rings. The fourth-order valence-electron chi connectivity index (χ4n) is 5.90. The second-order valence-corrected chi connectivity index (χ2v) is 15.6. The zero-order valence-electron chi connectivity index (χ0n) is 30.6. The average molecular weight is 770 g/mol. The van der Waals surface area contributed by atoms with Gasteiger partial charge in [0, 0.05) is 29.4 Å². The standard InChI is InChI=1S/C36H38B3ClF3N9O3/c1-33(2,3)14-15-45-31(44)51(30(53)22-6-4-21(5-7-22)24-17-47-50(18-24)25-9-10-25)28(19-55-32(54)49-34(12-13-34)35(41,42)43)23-8-11-27(40)26(16-23)29-46-20-48-52(29)36(37,38)39/h4-8,11,16-18,20,25,28H,9-10,12-15,19H2,1-3H3,(H2,44,45)(H,49,54)/t28-/m1/s1. The highest BCUT2D eigenvalue weighted by molar-refractivity contribution is 6.56. The van der Waals surface area contributed by atoms with Crippen LogP contribution < -0.4 is 11.1 Å². The van der Waals surface area contributed by atoms with Crippen LogP contribution in [0.5, 0.6) is 0 Å². The van der Waals surface area contributed by atoms with E-state index >= 15 is 0 Å². The molecule has 0 bridgehead atoms. The van der Waals surface area contributed by atoms with Gasteiger partial charge in [-0.15, -0.1) is 0 Å². The molecule has 2 aromatic carbocycles. The SMILES string of the molecule is [B]C([B])([B])n1ncnc1-c1cc([C@@H](COC(=O)NC2(C(F)(F)F)CC2)N(C(=O)c2ccc(-c3cnn(C4CC4)c3)cc2)C(N)=NCCC(C)(C)C)ccc1Cl. The minimum Gasteiger partial charge on any atom is -0.447 e. The number of guanidine groups is 1. The van der Waals surface area contributed by atoms with Gasteiger partial charge in [0.15, 0.2) is 11.8 Å². The first-order valence-corrected chi connectivity index (χ1v) is 18.0. The highest BCUT2D eigenvalue weighted by atomic mass is 35.5. The van der Waals surface area contributed by atoms with E-state index in [1.165, 1.54) is 12.1 Å². The largest absolute Gasteiger partial charge is 0.447 e. The van der Waals surface area contributed by atoms with Gasteiger partial charge >= 0.3 is 12.3 Å². The summed E-state index contributed by atoms with van der Waals surface area (Å²) < 4.78 is 49.7. The Hall–Kier alpha value is -4.73. The van der Waals surface area contributed by atoms with Gasteiger partial charge in [-0.05, 0) is 78.1 Å². The van der Waals surface area contributed by atoms with Gasteiger partial charge in [-0.1, -0.05) is 50.6 Å². The molecule has 282 valence electrons. The highest BCUT2D eigenvalue weighted by Gasteiger charge is 2.64. The second-order valence-electron chi connectivity index (χ2n) is 15.2. The van der Waals surface area contributed by atoms with E-state index in [0.29, 0.717) is 12.5 Å². The fourth-order valence-corrected chi connectivity index (χ4v) is 6.10. The van der Waals surface area contributed by atoms with Crippen molar-refractivity contribution in [2.75, 3.05) is 13.2 Å². The van der Waals surface area contributed by atoms with Crippen molar-refractivity contribution in [3.8, 4) is 22.5 Å². The van der Waals surface area contributed by atoms with Crippen molar-refractivity contribution in [1.29, 1.82) is 0 Å². The Morgan fingerprint density at radius 3 is 2.38 bits per heavy atom. The molecule has 2 aliphatic rings. The molecule has 19 heteroatoms. The van der Waals surface area contributed by atoms with E-state index in [1.807, 2.05) is 37.0 Å². The third-order valence-electron chi connectivity index (χ3n) is 9.44. The van der Waals surface area contributed by atoms with Crippen LogP contribution in [0, 0.1) is 5.41 Å². The van der Waals surface area contributed by atoms with Crippen LogP contribution >= 0.6 is 11.6 Å². The molecule has 2 amide bonds. The van der Waals surface area contributed by atoms with E-state index < -0.39 is 41.6 Å². The maximum atomic E-state index is 14.6. The van der Waals surface area contributed by atoms with Crippen LogP contribution in [-0.4, -0.2) is 95.8 Å². The Bertz CT molecular complexity index is 2070. The van der Waals surface area contributed by atoms with Gasteiger partial charge in [-0.25, -0.2) is 9.78 Å². The van der Waals surface area contributed by atoms with E-state index in [1.54, 1.807) is 36.5 Å². The zero-order valence-corrected chi connectivity index (χ0v) is 31.3. The molecule has 0 aliphatic heterocycles. The van der Waals surface area contributed by atoms with Crippen molar-refractivity contribution in [1.82, 2.24) is 34.8 Å². The number of ether oxygens (including phenoxy) is 1. The maximum Gasteiger partial charge on any atom is 0.411 e. The summed E-state index contributed by atoms with van der Waals surface area (Å²) in [4.78, 5) is 37.5. The van der Waals surface area contributed by atoms with Crippen molar-refractivity contribution in [3.05, 3.63) is 77.3 Å². The zero-order chi connectivity index (χ0) is 39.9. The number of alkyl carbamates (subject to hydrolysis) is 1. The quantitative estimate of drug-likeness (QED) is 0.108. The number of carbonyl (C=O) groups is 2. The third-order valence-corrected chi connectivity index (χ3v) is 9.77. The number of aromatic nitrogens is 5. The Morgan fingerprint density at radius 1 is 1.09 bits per heavy atom. The van der Waals surface area contributed by atoms with E-state index in [0.717, 1.165) is 39.9 Å². The van der Waals surface area contributed by atoms with Gasteiger partial charge < -0.3 is 15.8 Å². The lowest BCUT2D eigenvalue weighted by atomic mass is 9.49. The summed E-state index contributed by atoms with van der Waals surface area (Å²) in [5.41, 5.74) is 6.50. The smallest absolute Gasteiger partial charge is 0.411 e. The first-order valence-electron chi connectivity index (χ1n) is 17.6. The summed E-state index contributed by atoms with van der Waals surface area (Å²) in [6.07, 6.45) is 0.999. The molecular weight excluding hydrogens is 731 g/mol. The summed E-state index contributed by atoms with van der Waals surface area (Å²) >= 11 is 6.62. The number of hydrogen-bond donors (Lipinski definition) is 2. The number of nitrogens with zero attached hydrogens (tertiary/aromatic N) is 7. The lowest BCUT2D eigenvalue weighted by Crippen LogP contribution is -2.49. The van der Waals surface area contributed by atoms with Crippen LogP contribution in [0.1, 0.15) is 80.9 Å². The first-order chi connectivity index (χ1) is 25.8. The molecule has 6 rings (SSSR count). The topological polar surface area (TPSA) is 146 Å². The lowest BCUT2D eigenvalue weighted by molar-refractivity contribution is -0.164. The molecule has 2 saturated carbocycles. The summed E-state index contributed by atoms with van der Waals surface area (Å²) in [5, 5.41) is 8.59. The molecule has 0 spiro atoms. The number of hydrogen-bond acceptors (Lipinski definition) is 7. The van der Waals surface area contributed by atoms with Crippen LogP contribution in [-0.2, 0) is 9.97 Å². The summed E-state index contributed by atoms with van der Waals surface area (Å²) in [7, 11) is 17.8. The number of nitrogens with one attached hydrogen (secondary N) is 1. The van der Waals surface area contributed by atoms with E-state index in [-0.39, 0.29) is 58.3 Å². The summed E-state index contributed by atoms with van der Waals surface area (Å²) in [5.74, 6) is -0.802. The normalized spacial score (nSPS) is 16.4. The van der Waals surface area contributed by atoms with Gasteiger partial charge in [0.25, 0.3) is 5.91 Å². The molecule has 2 aliphatic carbocycles. The minimum absolute atomic E-state index is 0.0582. The van der Waals surface area contributed by atoms with Gasteiger partial charge in [0.1, 0.15) is 18.5 Å². The second kappa shape index (κ2) is 15.1. The number of aliphatic imine (C=N–C) groups is 1. The molecule has 55 heavy (non-hydrogen) atoms. The molecule has 12 nitrogen and oxygen atoms in total. The van der Waals surface area contributed by atoms with Crippen LogP contribution in [0.2, 0.25) is 5.02 Å². The van der Waals surface area contributed by atoms with Crippen LogP contribution in [0.4, 0.5) is 18.0 Å². The fraction of sp³-hybridized carbons (Fsp3) is 0.444. The van der Waals surface area contributed by atoms with Gasteiger partial charge in [0.05, 0.1) is 46.8 Å². The number of rotatable bonds is 12. The number of alkyl halides is 3. The molecule has 6 radical (unpaired) electrons. The predicted molar refractivity (Wildman–Crippen MR) is 204 cm³/mol. The van der Waals surface area contributed by atoms with Crippen molar-refractivity contribution in [3.63, 3.8) is 0 Å². The lowest BCUT2D eigenvalue weighted by Gasteiger charge is -2.32. The van der Waals surface area contributed by atoms with Crippen molar-refractivity contribution >= 4 is 53.1 Å². The number of carbonyl (C=O) groups excluding carboxylic acids is 2. The predicted octanol–water partition coefficient (Wildman–Crippen LogP) is 5.63. The van der Waals surface area contributed by atoms with E-state index in [4.69, 9.17) is 45.6 Å². The molecular formula is C36H38B3ClF3N9O3. The van der Waals surface area contributed by atoms with Crippen LogP contribution in [0.15, 0.2) is 66.2 Å². The monoisotopic (exact) mass is 769 g/mol. The average Bonchev–Trinajstić information content (AvgIpc) is 4.00. The molecule has 1 atom stereocenters. The summed E-state index contributed by atoms with van der Waals surface area (Å²) in [6, 6.07) is 10.4. The molecule has 0 unspecified atom stereocenters. The molecule has 3 N–H and O–H groups in total. The molecule has 0 saturated heterocycles. The van der Waals surface area contributed by atoms with Gasteiger partial charge in [-0.3, -0.25) is 24.1 Å². The Morgan fingerprint density at radius 2 is 1.78 bits per heavy atom. The van der Waals surface area contributed by atoms with Gasteiger partial charge in [-0.2, -0.15) is 23.4 Å².